The second-order valence-electron chi connectivity index (χ2n) is 6.66. The van der Waals surface area contributed by atoms with Crippen LogP contribution in [0.5, 0.6) is 0 Å². The highest BCUT2D eigenvalue weighted by Crippen LogP contribution is 2.20. The smallest absolute Gasteiger partial charge is 0.269 e. The van der Waals surface area contributed by atoms with Gasteiger partial charge in [0.2, 0.25) is 17.8 Å². The largest absolute Gasteiger partial charge is 0.353 e. The molecule has 0 aromatic carbocycles. The summed E-state index contributed by atoms with van der Waals surface area (Å²) in [6, 6.07) is 0.302. The number of nitrogens with one attached hydrogen (secondary N) is 3. The van der Waals surface area contributed by atoms with Crippen LogP contribution in [0, 0.1) is 6.92 Å². The average Bonchev–Trinajstić information content (AvgIpc) is 3.29. The molecule has 2 heterocycles. The third-order valence-corrected chi connectivity index (χ3v) is 3.95. The zero-order valence-electron chi connectivity index (χ0n) is 15.6. The van der Waals surface area contributed by atoms with Crippen molar-refractivity contribution in [2.75, 3.05) is 37.8 Å². The number of hydrogen-bond acceptors (Lipinski definition) is 8. The standard InChI is InChI=1S/C16H25N9O/c1-10-19-14(17-7-8-24(2)3)22-15(20-10)23-16-18-9-12(25(16)4)13(26)21-11-5-6-11/h9,11H,5-8H2,1-4H3,(H,21,26)(H2,17,18,19,20,22,23). The van der Waals surface area contributed by atoms with E-state index in [-0.39, 0.29) is 5.91 Å². The normalized spacial score (nSPS) is 13.7. The Morgan fingerprint density at radius 3 is 2.69 bits per heavy atom. The molecule has 3 N–H and O–H groups in total. The van der Waals surface area contributed by atoms with Crippen molar-refractivity contribution in [1.29, 1.82) is 0 Å². The summed E-state index contributed by atoms with van der Waals surface area (Å²) in [5.74, 6) is 1.86. The third-order valence-electron chi connectivity index (χ3n) is 3.95. The molecule has 0 spiro atoms. The van der Waals surface area contributed by atoms with Gasteiger partial charge in [0.1, 0.15) is 11.5 Å². The van der Waals surface area contributed by atoms with Crippen LogP contribution < -0.4 is 16.0 Å². The number of rotatable bonds is 8. The average molecular weight is 359 g/mol. The Balaban J connectivity index is 1.69. The summed E-state index contributed by atoms with van der Waals surface area (Å²) in [6.45, 7) is 3.40. The van der Waals surface area contributed by atoms with Gasteiger partial charge in [-0.2, -0.15) is 15.0 Å². The van der Waals surface area contributed by atoms with E-state index in [1.165, 1.54) is 0 Å². The molecular weight excluding hydrogens is 334 g/mol. The van der Waals surface area contributed by atoms with Crippen LogP contribution in [-0.2, 0) is 7.05 Å². The van der Waals surface area contributed by atoms with Crippen molar-refractivity contribution in [3.63, 3.8) is 0 Å². The van der Waals surface area contributed by atoms with Gasteiger partial charge < -0.3 is 20.1 Å². The van der Waals surface area contributed by atoms with Crippen LogP contribution >= 0.6 is 0 Å². The van der Waals surface area contributed by atoms with E-state index in [4.69, 9.17) is 0 Å². The molecule has 1 fully saturated rings. The Kier molecular flexibility index (Phi) is 5.31. The molecule has 26 heavy (non-hydrogen) atoms. The summed E-state index contributed by atoms with van der Waals surface area (Å²) in [7, 11) is 5.79. The maximum Gasteiger partial charge on any atom is 0.269 e. The van der Waals surface area contributed by atoms with Gasteiger partial charge in [-0.05, 0) is 33.9 Å². The zero-order chi connectivity index (χ0) is 18.7. The number of amides is 1. The molecule has 1 amide bonds. The van der Waals surface area contributed by atoms with E-state index in [1.54, 1.807) is 24.7 Å². The van der Waals surface area contributed by atoms with Crippen LogP contribution in [0.3, 0.4) is 0 Å². The van der Waals surface area contributed by atoms with Crippen molar-refractivity contribution in [3.8, 4) is 0 Å². The minimum absolute atomic E-state index is 0.117. The summed E-state index contributed by atoms with van der Waals surface area (Å²) in [6.07, 6.45) is 3.63. The topological polar surface area (TPSA) is 113 Å². The number of carbonyl (C=O) groups excluding carboxylic acids is 1. The molecule has 2 aromatic heterocycles. The van der Waals surface area contributed by atoms with Gasteiger partial charge in [-0.3, -0.25) is 10.1 Å². The Bertz CT molecular complexity index is 782. The van der Waals surface area contributed by atoms with Gasteiger partial charge in [-0.25, -0.2) is 4.98 Å². The molecule has 0 bridgehead atoms. The van der Waals surface area contributed by atoms with Gasteiger partial charge in [0.05, 0.1) is 6.20 Å². The molecule has 0 radical (unpaired) electrons. The van der Waals surface area contributed by atoms with Crippen LogP contribution in [-0.4, -0.2) is 68.5 Å². The minimum Gasteiger partial charge on any atom is -0.353 e. The molecule has 10 heteroatoms. The van der Waals surface area contributed by atoms with Crippen molar-refractivity contribution >= 4 is 23.8 Å². The molecule has 10 nitrogen and oxygen atoms in total. The number of nitrogens with zero attached hydrogens (tertiary/aromatic N) is 6. The van der Waals surface area contributed by atoms with Crippen molar-refractivity contribution in [2.45, 2.75) is 25.8 Å². The minimum atomic E-state index is -0.117. The first-order valence-electron chi connectivity index (χ1n) is 8.63. The van der Waals surface area contributed by atoms with Crippen LogP contribution in [0.1, 0.15) is 29.2 Å². The molecule has 1 saturated carbocycles. The van der Waals surface area contributed by atoms with Gasteiger partial charge in [0.25, 0.3) is 5.91 Å². The SMILES string of the molecule is Cc1nc(NCCN(C)C)nc(Nc2ncc(C(=O)NC3CC3)n2C)n1. The summed E-state index contributed by atoms with van der Waals surface area (Å²) in [5, 5.41) is 9.19. The number of aryl methyl sites for hydroxylation is 1. The fourth-order valence-electron chi connectivity index (χ4n) is 2.33. The molecule has 0 saturated heterocycles. The summed E-state index contributed by atoms with van der Waals surface area (Å²) in [5.41, 5.74) is 0.495. The molecule has 140 valence electrons. The molecule has 1 aliphatic rings. The predicted octanol–water partition coefficient (Wildman–Crippen LogP) is 0.523. The second-order valence-corrected chi connectivity index (χ2v) is 6.66. The highest BCUT2D eigenvalue weighted by Gasteiger charge is 2.25. The maximum absolute atomic E-state index is 12.2. The molecule has 0 unspecified atom stereocenters. The highest BCUT2D eigenvalue weighted by atomic mass is 16.2. The van der Waals surface area contributed by atoms with Crippen molar-refractivity contribution in [3.05, 3.63) is 17.7 Å². The van der Waals surface area contributed by atoms with Crippen molar-refractivity contribution < 1.29 is 4.79 Å². The number of aromatic nitrogens is 5. The summed E-state index contributed by atoms with van der Waals surface area (Å²) < 4.78 is 1.69. The van der Waals surface area contributed by atoms with Gasteiger partial charge >= 0.3 is 0 Å². The molecule has 0 aliphatic heterocycles. The van der Waals surface area contributed by atoms with Gasteiger partial charge in [-0.1, -0.05) is 0 Å². The van der Waals surface area contributed by atoms with Crippen LogP contribution in [0.2, 0.25) is 0 Å². The van der Waals surface area contributed by atoms with Crippen molar-refractivity contribution in [2.24, 2.45) is 7.05 Å². The highest BCUT2D eigenvalue weighted by molar-refractivity contribution is 5.93. The number of hydrogen-bond donors (Lipinski definition) is 3. The third kappa shape index (κ3) is 4.66. The quantitative estimate of drug-likeness (QED) is 0.625. The van der Waals surface area contributed by atoms with Gasteiger partial charge in [0, 0.05) is 26.2 Å². The van der Waals surface area contributed by atoms with Crippen LogP contribution in [0.15, 0.2) is 6.20 Å². The summed E-state index contributed by atoms with van der Waals surface area (Å²) in [4.78, 5) is 31.5. The monoisotopic (exact) mass is 359 g/mol. The molecule has 3 rings (SSSR count). The first-order valence-corrected chi connectivity index (χ1v) is 8.63. The molecule has 0 atom stereocenters. The van der Waals surface area contributed by atoms with E-state index in [9.17, 15) is 4.79 Å². The van der Waals surface area contributed by atoms with Gasteiger partial charge in [-0.15, -0.1) is 0 Å². The van der Waals surface area contributed by atoms with E-state index >= 15 is 0 Å². The Morgan fingerprint density at radius 1 is 1.27 bits per heavy atom. The lowest BCUT2D eigenvalue weighted by atomic mass is 10.4. The van der Waals surface area contributed by atoms with E-state index in [1.807, 2.05) is 14.1 Å². The summed E-state index contributed by atoms with van der Waals surface area (Å²) >= 11 is 0. The van der Waals surface area contributed by atoms with E-state index in [2.05, 4.69) is 40.8 Å². The van der Waals surface area contributed by atoms with E-state index in [0.717, 1.165) is 25.9 Å². The maximum atomic E-state index is 12.2. The lowest BCUT2D eigenvalue weighted by Crippen LogP contribution is -2.27. The van der Waals surface area contributed by atoms with E-state index < -0.39 is 0 Å². The fourth-order valence-corrected chi connectivity index (χ4v) is 2.33. The number of likely N-dealkylation sites (N-methyl/N-ethyl adjacent to an activating group) is 1. The van der Waals surface area contributed by atoms with Crippen molar-refractivity contribution in [1.82, 2.24) is 34.7 Å². The predicted molar refractivity (Wildman–Crippen MR) is 98.6 cm³/mol. The lowest BCUT2D eigenvalue weighted by Gasteiger charge is -2.12. The number of imidazole rings is 1. The van der Waals surface area contributed by atoms with E-state index in [0.29, 0.717) is 35.4 Å². The van der Waals surface area contributed by atoms with Crippen LogP contribution in [0.25, 0.3) is 0 Å². The van der Waals surface area contributed by atoms with Gasteiger partial charge in [0.15, 0.2) is 0 Å². The molecule has 2 aromatic rings. The Morgan fingerprint density at radius 2 is 2.00 bits per heavy atom. The number of anilines is 3. The lowest BCUT2D eigenvalue weighted by molar-refractivity contribution is 0.0943. The Hall–Kier alpha value is -2.75. The zero-order valence-corrected chi connectivity index (χ0v) is 15.6. The van der Waals surface area contributed by atoms with Crippen LogP contribution in [0.4, 0.5) is 17.8 Å². The first-order chi connectivity index (χ1) is 12.4. The number of carbonyl (C=O) groups is 1. The first kappa shape index (κ1) is 18.1. The molecule has 1 aliphatic carbocycles. The second kappa shape index (κ2) is 7.65. The molecular formula is C16H25N9O. The fraction of sp³-hybridized carbons (Fsp3) is 0.562. The Labute approximate surface area is 152 Å².